The number of aromatic nitrogens is 1. The van der Waals surface area contributed by atoms with E-state index in [4.69, 9.17) is 11.6 Å². The fourth-order valence-corrected chi connectivity index (χ4v) is 3.00. The molecule has 0 aliphatic rings. The molecule has 20 heavy (non-hydrogen) atoms. The maximum atomic E-state index is 11.7. The number of amides is 1. The first kappa shape index (κ1) is 17.2. The van der Waals surface area contributed by atoms with E-state index >= 15 is 0 Å². The van der Waals surface area contributed by atoms with E-state index in [0.29, 0.717) is 11.6 Å². The highest BCUT2D eigenvalue weighted by molar-refractivity contribution is 7.22. The summed E-state index contributed by atoms with van der Waals surface area (Å²) in [5, 5.41) is 1.41. The Hall–Kier alpha value is -0.880. The fourth-order valence-electron chi connectivity index (χ4n) is 1.69. The summed E-state index contributed by atoms with van der Waals surface area (Å²) in [6.45, 7) is 3.00. The standard InChI is InChI=1S/C13H16ClN3OS.ClH/c1-9(18)17(7-6-16(2)3)13-15-11-5-4-10(14)8-12(11)19-13;/h4-5,8H,6-7H2,1-3H3;1H. The van der Waals surface area contributed by atoms with Crippen molar-refractivity contribution in [3.63, 3.8) is 0 Å². The highest BCUT2D eigenvalue weighted by Crippen LogP contribution is 2.30. The zero-order valence-corrected chi connectivity index (χ0v) is 14.0. The molecule has 1 aromatic carbocycles. The normalized spacial score (nSPS) is 10.7. The number of benzene rings is 1. The largest absolute Gasteiger partial charge is 0.308 e. The second kappa shape index (κ2) is 7.22. The van der Waals surface area contributed by atoms with E-state index < -0.39 is 0 Å². The molecule has 0 atom stereocenters. The predicted octanol–water partition coefficient (Wildman–Crippen LogP) is 3.29. The van der Waals surface area contributed by atoms with Crippen LogP contribution in [0.3, 0.4) is 0 Å². The summed E-state index contributed by atoms with van der Waals surface area (Å²) >= 11 is 7.46. The smallest absolute Gasteiger partial charge is 0.225 e. The van der Waals surface area contributed by atoms with Crippen LogP contribution in [0.1, 0.15) is 6.92 Å². The van der Waals surface area contributed by atoms with Crippen molar-refractivity contribution in [3.05, 3.63) is 23.2 Å². The van der Waals surface area contributed by atoms with Crippen LogP contribution in [0, 0.1) is 0 Å². The van der Waals surface area contributed by atoms with E-state index in [1.54, 1.807) is 11.8 Å². The third kappa shape index (κ3) is 4.06. The molecule has 0 saturated heterocycles. The minimum Gasteiger partial charge on any atom is -0.308 e. The molecular formula is C13H17Cl2N3OS. The topological polar surface area (TPSA) is 36.4 Å². The SMILES string of the molecule is CC(=O)N(CCN(C)C)c1nc2ccc(Cl)cc2s1.Cl. The lowest BCUT2D eigenvalue weighted by Crippen LogP contribution is -2.35. The summed E-state index contributed by atoms with van der Waals surface area (Å²) in [6.07, 6.45) is 0. The third-order valence-corrected chi connectivity index (χ3v) is 4.00. The van der Waals surface area contributed by atoms with Gasteiger partial charge in [-0.25, -0.2) is 4.98 Å². The Morgan fingerprint density at radius 3 is 2.65 bits per heavy atom. The molecule has 0 fully saturated rings. The van der Waals surface area contributed by atoms with Crippen LogP contribution in [-0.4, -0.2) is 43.0 Å². The minimum absolute atomic E-state index is 0. The molecule has 110 valence electrons. The lowest BCUT2D eigenvalue weighted by Gasteiger charge is -2.20. The van der Waals surface area contributed by atoms with Crippen molar-refractivity contribution in [3.8, 4) is 0 Å². The number of nitrogens with zero attached hydrogens (tertiary/aromatic N) is 3. The van der Waals surface area contributed by atoms with E-state index in [2.05, 4.69) is 4.98 Å². The lowest BCUT2D eigenvalue weighted by atomic mass is 10.3. The number of fused-ring (bicyclic) bond motifs is 1. The van der Waals surface area contributed by atoms with Gasteiger partial charge in [0.15, 0.2) is 5.13 Å². The highest BCUT2D eigenvalue weighted by atomic mass is 35.5. The van der Waals surface area contributed by atoms with Gasteiger partial charge in [0, 0.05) is 25.0 Å². The van der Waals surface area contributed by atoms with E-state index in [1.807, 2.05) is 37.2 Å². The Morgan fingerprint density at radius 1 is 1.35 bits per heavy atom. The van der Waals surface area contributed by atoms with E-state index in [9.17, 15) is 4.79 Å². The van der Waals surface area contributed by atoms with Crippen molar-refractivity contribution in [2.45, 2.75) is 6.92 Å². The maximum absolute atomic E-state index is 11.7. The second-order valence-corrected chi connectivity index (χ2v) is 6.03. The Bertz CT molecular complexity index is 600. The highest BCUT2D eigenvalue weighted by Gasteiger charge is 2.16. The van der Waals surface area contributed by atoms with Crippen LogP contribution < -0.4 is 4.90 Å². The van der Waals surface area contributed by atoms with E-state index in [1.165, 1.54) is 11.3 Å². The Kier molecular flexibility index (Phi) is 6.20. The van der Waals surface area contributed by atoms with Gasteiger partial charge in [-0.2, -0.15) is 0 Å². The molecule has 0 N–H and O–H groups in total. The first-order valence-corrected chi connectivity index (χ1v) is 7.16. The molecule has 0 spiro atoms. The van der Waals surface area contributed by atoms with Gasteiger partial charge in [-0.05, 0) is 32.3 Å². The van der Waals surface area contributed by atoms with Crippen LogP contribution in [0.4, 0.5) is 5.13 Å². The summed E-state index contributed by atoms with van der Waals surface area (Å²) in [5.74, 6) is 0.00648. The predicted molar refractivity (Wildman–Crippen MR) is 88.5 cm³/mol. The monoisotopic (exact) mass is 333 g/mol. The van der Waals surface area contributed by atoms with Crippen LogP contribution in [0.25, 0.3) is 10.2 Å². The van der Waals surface area contributed by atoms with Crippen molar-refractivity contribution >= 4 is 56.6 Å². The van der Waals surface area contributed by atoms with Gasteiger partial charge in [-0.15, -0.1) is 12.4 Å². The van der Waals surface area contributed by atoms with Gasteiger partial charge in [0.1, 0.15) is 0 Å². The fraction of sp³-hybridized carbons (Fsp3) is 0.385. The number of rotatable bonds is 4. The Morgan fingerprint density at radius 2 is 2.05 bits per heavy atom. The zero-order chi connectivity index (χ0) is 14.0. The van der Waals surface area contributed by atoms with Crippen LogP contribution in [-0.2, 0) is 4.79 Å². The molecule has 0 unspecified atom stereocenters. The summed E-state index contributed by atoms with van der Waals surface area (Å²) < 4.78 is 0.999. The molecule has 1 aromatic heterocycles. The van der Waals surface area contributed by atoms with Gasteiger partial charge in [0.25, 0.3) is 0 Å². The van der Waals surface area contributed by atoms with Crippen molar-refractivity contribution in [1.82, 2.24) is 9.88 Å². The number of thiazole rings is 1. The average molecular weight is 334 g/mol. The van der Waals surface area contributed by atoms with Crippen molar-refractivity contribution in [1.29, 1.82) is 0 Å². The van der Waals surface area contributed by atoms with Gasteiger partial charge in [-0.3, -0.25) is 9.69 Å². The van der Waals surface area contributed by atoms with Crippen molar-refractivity contribution in [2.75, 3.05) is 32.1 Å². The number of carbonyl (C=O) groups excluding carboxylic acids is 1. The number of carbonyl (C=O) groups is 1. The lowest BCUT2D eigenvalue weighted by molar-refractivity contribution is -0.116. The molecule has 2 aromatic rings. The quantitative estimate of drug-likeness (QED) is 0.861. The molecule has 1 heterocycles. The molecule has 4 nitrogen and oxygen atoms in total. The summed E-state index contributed by atoms with van der Waals surface area (Å²) in [6, 6.07) is 5.57. The van der Waals surface area contributed by atoms with Crippen LogP contribution in [0.2, 0.25) is 5.02 Å². The van der Waals surface area contributed by atoms with Gasteiger partial charge < -0.3 is 4.90 Å². The van der Waals surface area contributed by atoms with Crippen molar-refractivity contribution < 1.29 is 4.79 Å². The molecule has 0 radical (unpaired) electrons. The Labute approximate surface area is 133 Å². The third-order valence-electron chi connectivity index (χ3n) is 2.72. The van der Waals surface area contributed by atoms with Gasteiger partial charge in [0.05, 0.1) is 10.2 Å². The van der Waals surface area contributed by atoms with Gasteiger partial charge in [0.2, 0.25) is 5.91 Å². The van der Waals surface area contributed by atoms with Gasteiger partial charge >= 0.3 is 0 Å². The molecule has 0 aliphatic heterocycles. The number of likely N-dealkylation sites (N-methyl/N-ethyl adjacent to an activating group) is 1. The number of anilines is 1. The number of hydrogen-bond acceptors (Lipinski definition) is 4. The Balaban J connectivity index is 0.00000200. The minimum atomic E-state index is 0. The molecule has 0 aliphatic carbocycles. The summed E-state index contributed by atoms with van der Waals surface area (Å²) in [5.41, 5.74) is 0.875. The number of hydrogen-bond donors (Lipinski definition) is 0. The maximum Gasteiger partial charge on any atom is 0.225 e. The van der Waals surface area contributed by atoms with Crippen LogP contribution >= 0.6 is 35.3 Å². The molecular weight excluding hydrogens is 317 g/mol. The summed E-state index contributed by atoms with van der Waals surface area (Å²) in [4.78, 5) is 20.0. The average Bonchev–Trinajstić information content (AvgIpc) is 2.70. The second-order valence-electron chi connectivity index (χ2n) is 4.58. The van der Waals surface area contributed by atoms with E-state index in [-0.39, 0.29) is 18.3 Å². The molecule has 0 bridgehead atoms. The van der Waals surface area contributed by atoms with Gasteiger partial charge in [-0.1, -0.05) is 22.9 Å². The zero-order valence-electron chi connectivity index (χ0n) is 11.6. The molecule has 0 saturated carbocycles. The first-order valence-electron chi connectivity index (χ1n) is 5.96. The summed E-state index contributed by atoms with van der Waals surface area (Å²) in [7, 11) is 3.97. The first-order chi connectivity index (χ1) is 8.97. The van der Waals surface area contributed by atoms with E-state index in [0.717, 1.165) is 21.9 Å². The molecule has 1 amide bonds. The van der Waals surface area contributed by atoms with Crippen molar-refractivity contribution in [2.24, 2.45) is 0 Å². The number of halogens is 2. The molecule has 7 heteroatoms. The molecule has 2 rings (SSSR count). The van der Waals surface area contributed by atoms with Crippen LogP contribution in [0.5, 0.6) is 0 Å². The van der Waals surface area contributed by atoms with Crippen LogP contribution in [0.15, 0.2) is 18.2 Å².